The van der Waals surface area contributed by atoms with Gasteiger partial charge in [-0.1, -0.05) is 42.5 Å². The van der Waals surface area contributed by atoms with Crippen molar-refractivity contribution in [2.45, 2.75) is 11.5 Å². The molecule has 0 spiro atoms. The molecule has 0 saturated heterocycles. The van der Waals surface area contributed by atoms with Crippen molar-refractivity contribution in [3.8, 4) is 5.75 Å². The summed E-state index contributed by atoms with van der Waals surface area (Å²) in [5.41, 5.74) is 1.00. The van der Waals surface area contributed by atoms with Crippen LogP contribution in [0.5, 0.6) is 5.75 Å². The van der Waals surface area contributed by atoms with Gasteiger partial charge in [0.1, 0.15) is 17.3 Å². The number of hydrogen-bond donors (Lipinski definition) is 0. The number of rotatable bonds is 4. The van der Waals surface area contributed by atoms with Crippen molar-refractivity contribution in [1.82, 2.24) is 0 Å². The molecule has 0 N–H and O–H groups in total. The molecule has 0 fully saturated rings. The Balaban J connectivity index is 2.20. The van der Waals surface area contributed by atoms with Gasteiger partial charge in [-0.3, -0.25) is 0 Å². The molecular formula is C14H14O3S. The zero-order valence-electron chi connectivity index (χ0n) is 10.0. The minimum atomic E-state index is -3.26. The van der Waals surface area contributed by atoms with E-state index in [0.717, 1.165) is 5.56 Å². The molecule has 0 bridgehead atoms. The summed E-state index contributed by atoms with van der Waals surface area (Å²) in [6.07, 6.45) is 1.18. The Labute approximate surface area is 107 Å². The predicted molar refractivity (Wildman–Crippen MR) is 70.3 cm³/mol. The van der Waals surface area contributed by atoms with Crippen LogP contribution in [-0.4, -0.2) is 14.7 Å². The molecule has 0 aliphatic heterocycles. The first-order chi connectivity index (χ1) is 8.57. The second kappa shape index (κ2) is 5.23. The molecule has 94 valence electrons. The highest BCUT2D eigenvalue weighted by molar-refractivity contribution is 7.90. The number of sulfone groups is 1. The summed E-state index contributed by atoms with van der Waals surface area (Å²) in [6, 6.07) is 16.3. The molecule has 0 aromatic heterocycles. The summed E-state index contributed by atoms with van der Waals surface area (Å²) >= 11 is 0. The molecule has 18 heavy (non-hydrogen) atoms. The highest BCUT2D eigenvalue weighted by atomic mass is 32.2. The Morgan fingerprint density at radius 3 is 2.22 bits per heavy atom. The first-order valence-electron chi connectivity index (χ1n) is 5.53. The third-order valence-electron chi connectivity index (χ3n) is 2.49. The Kier molecular flexibility index (Phi) is 3.67. The number of benzene rings is 2. The number of para-hydroxylation sites is 1. The summed E-state index contributed by atoms with van der Waals surface area (Å²) in [7, 11) is -3.26. The van der Waals surface area contributed by atoms with Crippen molar-refractivity contribution in [3.05, 3.63) is 60.2 Å². The Morgan fingerprint density at radius 1 is 0.944 bits per heavy atom. The van der Waals surface area contributed by atoms with Crippen LogP contribution in [0.15, 0.2) is 59.5 Å². The van der Waals surface area contributed by atoms with Gasteiger partial charge in [0.05, 0.1) is 0 Å². The summed E-state index contributed by atoms with van der Waals surface area (Å²) in [5, 5.41) is 0. The van der Waals surface area contributed by atoms with E-state index < -0.39 is 9.84 Å². The molecule has 0 aliphatic carbocycles. The van der Waals surface area contributed by atoms with Crippen LogP contribution in [0.4, 0.5) is 0 Å². The van der Waals surface area contributed by atoms with Crippen molar-refractivity contribution in [2.24, 2.45) is 0 Å². The van der Waals surface area contributed by atoms with Crippen LogP contribution in [0.3, 0.4) is 0 Å². The van der Waals surface area contributed by atoms with Crippen LogP contribution < -0.4 is 4.74 Å². The van der Waals surface area contributed by atoms with E-state index in [1.807, 2.05) is 30.3 Å². The normalized spacial score (nSPS) is 11.2. The van der Waals surface area contributed by atoms with E-state index in [1.54, 1.807) is 24.3 Å². The van der Waals surface area contributed by atoms with E-state index in [9.17, 15) is 8.42 Å². The van der Waals surface area contributed by atoms with Gasteiger partial charge in [0.15, 0.2) is 9.84 Å². The van der Waals surface area contributed by atoms with Gasteiger partial charge in [-0.2, -0.15) is 0 Å². The van der Waals surface area contributed by atoms with Gasteiger partial charge in [0.25, 0.3) is 0 Å². The molecule has 4 heteroatoms. The van der Waals surface area contributed by atoms with Crippen molar-refractivity contribution in [3.63, 3.8) is 0 Å². The summed E-state index contributed by atoms with van der Waals surface area (Å²) in [4.78, 5) is 0.223. The molecule has 2 aromatic rings. The Hall–Kier alpha value is -1.81. The Bertz CT molecular complexity index is 618. The van der Waals surface area contributed by atoms with Crippen molar-refractivity contribution in [1.29, 1.82) is 0 Å². The monoisotopic (exact) mass is 262 g/mol. The van der Waals surface area contributed by atoms with Gasteiger partial charge in [0, 0.05) is 6.26 Å². The second-order valence-corrected chi connectivity index (χ2v) is 5.98. The van der Waals surface area contributed by atoms with E-state index in [2.05, 4.69) is 0 Å². The van der Waals surface area contributed by atoms with E-state index in [1.165, 1.54) is 6.26 Å². The zero-order chi connectivity index (χ0) is 13.0. The highest BCUT2D eigenvalue weighted by Gasteiger charge is 2.13. The predicted octanol–water partition coefficient (Wildman–Crippen LogP) is 2.67. The molecule has 2 rings (SSSR count). The average molecular weight is 262 g/mol. The molecule has 0 unspecified atom stereocenters. The third-order valence-corrected chi connectivity index (χ3v) is 3.62. The molecule has 3 nitrogen and oxygen atoms in total. The number of hydrogen-bond acceptors (Lipinski definition) is 3. The Morgan fingerprint density at radius 2 is 1.56 bits per heavy atom. The minimum Gasteiger partial charge on any atom is -0.488 e. The van der Waals surface area contributed by atoms with E-state index >= 15 is 0 Å². The van der Waals surface area contributed by atoms with Crippen molar-refractivity contribution < 1.29 is 13.2 Å². The molecule has 0 radical (unpaired) electrons. The van der Waals surface area contributed by atoms with Gasteiger partial charge < -0.3 is 4.74 Å². The van der Waals surface area contributed by atoms with E-state index in [4.69, 9.17) is 4.74 Å². The first kappa shape index (κ1) is 12.6. The summed E-state index contributed by atoms with van der Waals surface area (Å²) < 4.78 is 28.7. The lowest BCUT2D eigenvalue weighted by Crippen LogP contribution is -2.03. The lowest BCUT2D eigenvalue weighted by molar-refractivity contribution is 0.298. The fraction of sp³-hybridized carbons (Fsp3) is 0.143. The lowest BCUT2D eigenvalue weighted by atomic mass is 10.2. The van der Waals surface area contributed by atoms with Crippen LogP contribution in [0.1, 0.15) is 5.56 Å². The summed E-state index contributed by atoms with van der Waals surface area (Å²) in [6.45, 7) is 0.355. The maximum absolute atomic E-state index is 11.6. The van der Waals surface area contributed by atoms with Gasteiger partial charge in [-0.25, -0.2) is 8.42 Å². The molecule has 0 aliphatic rings. The fourth-order valence-electron chi connectivity index (χ4n) is 1.61. The highest BCUT2D eigenvalue weighted by Crippen LogP contribution is 2.23. The van der Waals surface area contributed by atoms with Gasteiger partial charge in [0.2, 0.25) is 0 Å². The maximum atomic E-state index is 11.6. The molecule has 0 saturated carbocycles. The molecule has 0 heterocycles. The molecular weight excluding hydrogens is 248 g/mol. The third kappa shape index (κ3) is 3.11. The quantitative estimate of drug-likeness (QED) is 0.850. The maximum Gasteiger partial charge on any atom is 0.179 e. The van der Waals surface area contributed by atoms with Crippen molar-refractivity contribution >= 4 is 9.84 Å². The largest absolute Gasteiger partial charge is 0.488 e. The average Bonchev–Trinajstić information content (AvgIpc) is 2.37. The van der Waals surface area contributed by atoms with Crippen LogP contribution >= 0.6 is 0 Å². The standard InChI is InChI=1S/C14H14O3S/c1-18(15,16)14-10-6-5-9-13(14)17-11-12-7-3-2-4-8-12/h2-10H,11H2,1H3. The van der Waals surface area contributed by atoms with E-state index in [0.29, 0.717) is 12.4 Å². The van der Waals surface area contributed by atoms with Crippen LogP contribution in [0.2, 0.25) is 0 Å². The topological polar surface area (TPSA) is 43.4 Å². The van der Waals surface area contributed by atoms with E-state index in [-0.39, 0.29) is 4.90 Å². The van der Waals surface area contributed by atoms with Crippen LogP contribution in [-0.2, 0) is 16.4 Å². The minimum absolute atomic E-state index is 0.223. The molecule has 0 amide bonds. The summed E-state index contributed by atoms with van der Waals surface area (Å²) in [5.74, 6) is 0.392. The molecule has 2 aromatic carbocycles. The van der Waals surface area contributed by atoms with Crippen LogP contribution in [0, 0.1) is 0 Å². The fourth-order valence-corrected chi connectivity index (χ4v) is 2.43. The van der Waals surface area contributed by atoms with Crippen molar-refractivity contribution in [2.75, 3.05) is 6.26 Å². The lowest BCUT2D eigenvalue weighted by Gasteiger charge is -2.10. The molecule has 0 atom stereocenters. The van der Waals surface area contributed by atoms with Gasteiger partial charge >= 0.3 is 0 Å². The zero-order valence-corrected chi connectivity index (χ0v) is 10.9. The smallest absolute Gasteiger partial charge is 0.179 e. The van der Waals surface area contributed by atoms with Gasteiger partial charge in [-0.05, 0) is 17.7 Å². The second-order valence-electron chi connectivity index (χ2n) is 3.99. The van der Waals surface area contributed by atoms with Gasteiger partial charge in [-0.15, -0.1) is 0 Å². The number of ether oxygens (including phenoxy) is 1. The first-order valence-corrected chi connectivity index (χ1v) is 7.42. The SMILES string of the molecule is CS(=O)(=O)c1ccccc1OCc1ccccc1. The van der Waals surface area contributed by atoms with Crippen LogP contribution in [0.25, 0.3) is 0 Å².